The first kappa shape index (κ1) is 13.4. The van der Waals surface area contributed by atoms with Crippen LogP contribution in [0.1, 0.15) is 16.8 Å². The van der Waals surface area contributed by atoms with Crippen LogP contribution in [-0.4, -0.2) is 16.9 Å². The second-order valence-electron chi connectivity index (χ2n) is 2.96. The van der Waals surface area contributed by atoms with E-state index in [1.807, 2.05) is 18.2 Å². The number of carbonyl (C=O) groups is 1. The SMILES string of the molecule is O=C(NCCCI)c1cc(Br)cc(Br)c1. The zero-order chi connectivity index (χ0) is 11.3. The van der Waals surface area contributed by atoms with Crippen LogP contribution in [0.3, 0.4) is 0 Å². The molecule has 0 radical (unpaired) electrons. The van der Waals surface area contributed by atoms with Crippen LogP contribution in [-0.2, 0) is 0 Å². The van der Waals surface area contributed by atoms with Gasteiger partial charge in [0.05, 0.1) is 0 Å². The monoisotopic (exact) mass is 445 g/mol. The Hall–Kier alpha value is 0.380. The molecule has 1 aromatic carbocycles. The van der Waals surface area contributed by atoms with E-state index in [1.165, 1.54) is 0 Å². The highest BCUT2D eigenvalue weighted by Crippen LogP contribution is 2.19. The van der Waals surface area contributed by atoms with Gasteiger partial charge in [-0.2, -0.15) is 0 Å². The highest BCUT2D eigenvalue weighted by Gasteiger charge is 2.06. The summed E-state index contributed by atoms with van der Waals surface area (Å²) in [5.41, 5.74) is 0.671. The van der Waals surface area contributed by atoms with Crippen molar-refractivity contribution >= 4 is 60.4 Å². The predicted octanol–water partition coefficient (Wildman–Crippen LogP) is 3.77. The van der Waals surface area contributed by atoms with Gasteiger partial charge in [0.1, 0.15) is 0 Å². The Morgan fingerprint density at radius 3 is 2.40 bits per heavy atom. The number of carbonyl (C=O) groups excluding carboxylic acids is 1. The first-order valence-corrected chi connectivity index (χ1v) is 7.55. The van der Waals surface area contributed by atoms with Crippen LogP contribution < -0.4 is 5.32 Å². The Bertz CT molecular complexity index is 337. The molecule has 0 bridgehead atoms. The summed E-state index contributed by atoms with van der Waals surface area (Å²) in [6, 6.07) is 5.52. The maximum atomic E-state index is 11.7. The molecule has 0 aliphatic rings. The maximum absolute atomic E-state index is 11.7. The number of hydrogen-bond acceptors (Lipinski definition) is 1. The van der Waals surface area contributed by atoms with Gasteiger partial charge in [0.2, 0.25) is 0 Å². The Morgan fingerprint density at radius 1 is 1.27 bits per heavy atom. The molecule has 0 aromatic heterocycles. The van der Waals surface area contributed by atoms with Crippen molar-refractivity contribution in [1.29, 1.82) is 0 Å². The zero-order valence-corrected chi connectivity index (χ0v) is 13.2. The van der Waals surface area contributed by atoms with Crippen LogP contribution in [0.2, 0.25) is 0 Å². The Labute approximate surface area is 120 Å². The minimum absolute atomic E-state index is 0.0261. The largest absolute Gasteiger partial charge is 0.352 e. The summed E-state index contributed by atoms with van der Waals surface area (Å²) < 4.78 is 2.85. The van der Waals surface area contributed by atoms with Crippen LogP contribution in [0.4, 0.5) is 0 Å². The Balaban J connectivity index is 2.65. The molecule has 0 saturated heterocycles. The van der Waals surface area contributed by atoms with Gasteiger partial charge in [0.15, 0.2) is 0 Å². The lowest BCUT2D eigenvalue weighted by Gasteiger charge is -2.05. The van der Waals surface area contributed by atoms with Gasteiger partial charge in [0.25, 0.3) is 5.91 Å². The standard InChI is InChI=1S/C10H10Br2INO/c11-8-4-7(5-9(12)6-8)10(15)14-3-1-2-13/h4-6H,1-3H2,(H,14,15). The smallest absolute Gasteiger partial charge is 0.251 e. The van der Waals surface area contributed by atoms with Crippen LogP contribution in [0, 0.1) is 0 Å². The number of alkyl halides is 1. The number of benzene rings is 1. The molecule has 0 aliphatic heterocycles. The van der Waals surface area contributed by atoms with Crippen LogP contribution in [0.15, 0.2) is 27.1 Å². The van der Waals surface area contributed by atoms with E-state index in [0.717, 1.165) is 26.3 Å². The van der Waals surface area contributed by atoms with Gasteiger partial charge >= 0.3 is 0 Å². The molecule has 0 fully saturated rings. The van der Waals surface area contributed by atoms with E-state index in [9.17, 15) is 4.79 Å². The molecule has 1 N–H and O–H groups in total. The van der Waals surface area contributed by atoms with Crippen molar-refractivity contribution in [3.8, 4) is 0 Å². The second-order valence-corrected chi connectivity index (χ2v) is 5.87. The van der Waals surface area contributed by atoms with E-state index >= 15 is 0 Å². The molecule has 0 unspecified atom stereocenters. The topological polar surface area (TPSA) is 29.1 Å². The number of amides is 1. The maximum Gasteiger partial charge on any atom is 0.251 e. The first-order valence-electron chi connectivity index (χ1n) is 4.43. The van der Waals surface area contributed by atoms with E-state index in [-0.39, 0.29) is 5.91 Å². The van der Waals surface area contributed by atoms with Crippen LogP contribution >= 0.6 is 54.5 Å². The van der Waals surface area contributed by atoms with Crippen LogP contribution in [0.5, 0.6) is 0 Å². The fourth-order valence-electron chi connectivity index (χ4n) is 1.06. The molecule has 0 aliphatic carbocycles. The molecular weight excluding hydrogens is 437 g/mol. The summed E-state index contributed by atoms with van der Waals surface area (Å²) in [4.78, 5) is 11.7. The Morgan fingerprint density at radius 2 is 1.87 bits per heavy atom. The Kier molecular flexibility index (Phi) is 6.14. The summed E-state index contributed by atoms with van der Waals surface area (Å²) in [6.45, 7) is 0.728. The fraction of sp³-hybridized carbons (Fsp3) is 0.300. The van der Waals surface area contributed by atoms with E-state index in [4.69, 9.17) is 0 Å². The fourth-order valence-corrected chi connectivity index (χ4v) is 2.73. The van der Waals surface area contributed by atoms with E-state index in [2.05, 4.69) is 59.8 Å². The molecule has 1 rings (SSSR count). The summed E-state index contributed by atoms with van der Waals surface area (Å²) in [5, 5.41) is 2.87. The minimum atomic E-state index is -0.0261. The number of halogens is 3. The van der Waals surface area contributed by atoms with Gasteiger partial charge in [-0.1, -0.05) is 54.5 Å². The third-order valence-corrected chi connectivity index (χ3v) is 3.40. The lowest BCUT2D eigenvalue weighted by Crippen LogP contribution is -2.24. The predicted molar refractivity (Wildman–Crippen MR) is 77.7 cm³/mol. The van der Waals surface area contributed by atoms with Gasteiger partial charge in [-0.25, -0.2) is 0 Å². The number of nitrogens with one attached hydrogen (secondary N) is 1. The minimum Gasteiger partial charge on any atom is -0.352 e. The molecule has 0 heterocycles. The molecule has 82 valence electrons. The molecule has 0 saturated carbocycles. The van der Waals surface area contributed by atoms with Crippen LogP contribution in [0.25, 0.3) is 0 Å². The van der Waals surface area contributed by atoms with Crippen molar-refractivity contribution < 1.29 is 4.79 Å². The van der Waals surface area contributed by atoms with Crippen molar-refractivity contribution in [1.82, 2.24) is 5.32 Å². The van der Waals surface area contributed by atoms with Gasteiger partial charge < -0.3 is 5.32 Å². The molecule has 2 nitrogen and oxygen atoms in total. The molecule has 1 amide bonds. The first-order chi connectivity index (χ1) is 7.13. The molecule has 15 heavy (non-hydrogen) atoms. The average Bonchev–Trinajstić information content (AvgIpc) is 2.16. The highest BCUT2D eigenvalue weighted by molar-refractivity contribution is 14.1. The van der Waals surface area contributed by atoms with Crippen molar-refractivity contribution in [2.45, 2.75) is 6.42 Å². The molecule has 1 aromatic rings. The third-order valence-electron chi connectivity index (χ3n) is 1.72. The highest BCUT2D eigenvalue weighted by atomic mass is 127. The average molecular weight is 447 g/mol. The summed E-state index contributed by atoms with van der Waals surface area (Å²) in [6.07, 6.45) is 1.00. The number of rotatable bonds is 4. The third kappa shape index (κ3) is 4.82. The van der Waals surface area contributed by atoms with E-state index in [0.29, 0.717) is 5.56 Å². The molecule has 0 atom stereocenters. The molecule has 0 spiro atoms. The van der Waals surface area contributed by atoms with E-state index in [1.54, 1.807) is 0 Å². The summed E-state index contributed by atoms with van der Waals surface area (Å²) in [5.74, 6) is -0.0261. The van der Waals surface area contributed by atoms with Crippen molar-refractivity contribution in [3.05, 3.63) is 32.7 Å². The normalized spacial score (nSPS) is 10.1. The van der Waals surface area contributed by atoms with Gasteiger partial charge in [0, 0.05) is 25.5 Å². The lowest BCUT2D eigenvalue weighted by atomic mass is 10.2. The van der Waals surface area contributed by atoms with Gasteiger partial charge in [-0.05, 0) is 24.6 Å². The molecule has 5 heteroatoms. The van der Waals surface area contributed by atoms with E-state index < -0.39 is 0 Å². The summed E-state index contributed by atoms with van der Waals surface area (Å²) in [7, 11) is 0. The molecular formula is C10H10Br2INO. The van der Waals surface area contributed by atoms with Crippen molar-refractivity contribution in [2.24, 2.45) is 0 Å². The lowest BCUT2D eigenvalue weighted by molar-refractivity contribution is 0.0953. The zero-order valence-electron chi connectivity index (χ0n) is 7.90. The quantitative estimate of drug-likeness (QED) is 0.426. The van der Waals surface area contributed by atoms with Gasteiger partial charge in [-0.15, -0.1) is 0 Å². The summed E-state index contributed by atoms with van der Waals surface area (Å²) >= 11 is 9.00. The van der Waals surface area contributed by atoms with Gasteiger partial charge in [-0.3, -0.25) is 4.79 Å². The number of hydrogen-bond donors (Lipinski definition) is 1. The van der Waals surface area contributed by atoms with Crippen molar-refractivity contribution in [3.63, 3.8) is 0 Å². The van der Waals surface area contributed by atoms with Crippen molar-refractivity contribution in [2.75, 3.05) is 11.0 Å². The second kappa shape index (κ2) is 6.85.